The van der Waals surface area contributed by atoms with Crippen molar-refractivity contribution in [2.75, 3.05) is 36.9 Å². The molecule has 1 heterocycles. The molecule has 1 aromatic rings. The van der Waals surface area contributed by atoms with E-state index in [0.717, 1.165) is 0 Å². The Hall–Kier alpha value is -0.940. The van der Waals surface area contributed by atoms with Crippen LogP contribution in [0.1, 0.15) is 0 Å². The van der Waals surface area contributed by atoms with Gasteiger partial charge < -0.3 is 9.64 Å². The summed E-state index contributed by atoms with van der Waals surface area (Å²) in [5.41, 5.74) is 0.237. The van der Waals surface area contributed by atoms with Crippen LogP contribution in [0.5, 0.6) is 5.88 Å². The summed E-state index contributed by atoms with van der Waals surface area (Å²) in [7, 11) is 1.48. The summed E-state index contributed by atoms with van der Waals surface area (Å²) < 4.78 is 5.08. The van der Waals surface area contributed by atoms with Crippen molar-refractivity contribution in [1.82, 2.24) is 9.97 Å². The van der Waals surface area contributed by atoms with Crippen molar-refractivity contribution in [3.63, 3.8) is 0 Å². The number of H-pyrrole nitrogens is 1. The summed E-state index contributed by atoms with van der Waals surface area (Å²) in [4.78, 5) is 19.1. The minimum Gasteiger partial charge on any atom is -0.481 e. The van der Waals surface area contributed by atoms with Crippen LogP contribution in [0.15, 0.2) is 11.0 Å². The van der Waals surface area contributed by atoms with E-state index in [0.29, 0.717) is 36.4 Å². The molecule has 0 saturated heterocycles. The molecule has 0 aromatic carbocycles. The van der Waals surface area contributed by atoms with E-state index in [-0.39, 0.29) is 0 Å². The van der Waals surface area contributed by atoms with Crippen LogP contribution in [0.4, 0.5) is 5.69 Å². The van der Waals surface area contributed by atoms with Crippen molar-refractivity contribution in [1.29, 1.82) is 0 Å². The molecule has 0 aliphatic rings. The number of rotatable bonds is 6. The van der Waals surface area contributed by atoms with E-state index < -0.39 is 5.69 Å². The molecule has 5 nitrogen and oxygen atoms in total. The second-order valence-electron chi connectivity index (χ2n) is 2.97. The lowest BCUT2D eigenvalue weighted by Crippen LogP contribution is -2.29. The average molecular weight is 266 g/mol. The molecular weight excluding hydrogens is 253 g/mol. The Morgan fingerprint density at radius 1 is 1.44 bits per heavy atom. The third-order valence-corrected chi connectivity index (χ3v) is 2.35. The van der Waals surface area contributed by atoms with Crippen molar-refractivity contribution in [2.45, 2.75) is 0 Å². The van der Waals surface area contributed by atoms with Crippen LogP contribution >= 0.6 is 23.2 Å². The fraction of sp³-hybridized carbons (Fsp3) is 0.556. The Morgan fingerprint density at radius 2 is 2.06 bits per heavy atom. The molecule has 1 rings (SSSR count). The standard InChI is InChI=1S/C9H13Cl2N3O2/c1-16-8-7(6-12-9(15)13-8)14(4-2-10)5-3-11/h6H,2-5H2,1H3,(H,12,13,15). The van der Waals surface area contributed by atoms with Crippen molar-refractivity contribution in [3.8, 4) is 5.88 Å². The van der Waals surface area contributed by atoms with Gasteiger partial charge in [0, 0.05) is 24.8 Å². The zero-order valence-electron chi connectivity index (χ0n) is 8.87. The predicted molar refractivity (Wildman–Crippen MR) is 65.1 cm³/mol. The summed E-state index contributed by atoms with van der Waals surface area (Å²) in [6, 6.07) is 0. The Balaban J connectivity index is 3.02. The number of methoxy groups -OCH3 is 1. The second kappa shape index (κ2) is 6.60. The summed E-state index contributed by atoms with van der Waals surface area (Å²) in [5.74, 6) is 1.29. The molecule has 0 spiro atoms. The first-order valence-corrected chi connectivity index (χ1v) is 5.80. The van der Waals surface area contributed by atoms with Crippen LogP contribution < -0.4 is 15.3 Å². The summed E-state index contributed by atoms with van der Waals surface area (Å²) in [6.07, 6.45) is 1.46. The number of halogens is 2. The maximum atomic E-state index is 11.0. The minimum atomic E-state index is -0.447. The molecule has 0 fully saturated rings. The number of nitrogens with zero attached hydrogens (tertiary/aromatic N) is 2. The van der Waals surface area contributed by atoms with Crippen LogP contribution in [-0.4, -0.2) is 41.9 Å². The summed E-state index contributed by atoms with van der Waals surface area (Å²) >= 11 is 11.4. The molecule has 90 valence electrons. The van der Waals surface area contributed by atoms with E-state index in [1.807, 2.05) is 4.90 Å². The Bertz CT molecular complexity index is 377. The van der Waals surface area contributed by atoms with Crippen molar-refractivity contribution in [3.05, 3.63) is 16.7 Å². The quantitative estimate of drug-likeness (QED) is 0.782. The van der Waals surface area contributed by atoms with Gasteiger partial charge in [-0.1, -0.05) is 0 Å². The van der Waals surface area contributed by atoms with Gasteiger partial charge in [-0.15, -0.1) is 23.2 Å². The van der Waals surface area contributed by atoms with Gasteiger partial charge in [-0.3, -0.25) is 4.98 Å². The summed E-state index contributed by atoms with van der Waals surface area (Å²) in [5, 5.41) is 0. The molecule has 1 aromatic heterocycles. The highest BCUT2D eigenvalue weighted by molar-refractivity contribution is 6.18. The number of ether oxygens (including phenoxy) is 1. The number of aromatic amines is 1. The SMILES string of the molecule is COc1[nH]c(=O)ncc1N(CCCl)CCCl. The van der Waals surface area contributed by atoms with Crippen LogP contribution in [-0.2, 0) is 0 Å². The first kappa shape index (κ1) is 13.1. The molecule has 7 heteroatoms. The highest BCUT2D eigenvalue weighted by Gasteiger charge is 2.12. The van der Waals surface area contributed by atoms with E-state index in [1.165, 1.54) is 13.3 Å². The third kappa shape index (κ3) is 3.28. The molecule has 0 amide bonds. The largest absolute Gasteiger partial charge is 0.481 e. The Kier molecular flexibility index (Phi) is 5.42. The molecule has 0 bridgehead atoms. The Labute approximate surface area is 103 Å². The number of nitrogens with one attached hydrogen (secondary N) is 1. The fourth-order valence-corrected chi connectivity index (χ4v) is 1.72. The first-order chi connectivity index (χ1) is 7.72. The van der Waals surface area contributed by atoms with Crippen molar-refractivity contribution >= 4 is 28.9 Å². The van der Waals surface area contributed by atoms with Crippen LogP contribution in [0.3, 0.4) is 0 Å². The Morgan fingerprint density at radius 3 is 2.56 bits per heavy atom. The highest BCUT2D eigenvalue weighted by atomic mass is 35.5. The lowest BCUT2D eigenvalue weighted by atomic mass is 10.4. The van der Waals surface area contributed by atoms with Gasteiger partial charge in [0.2, 0.25) is 5.88 Å². The number of anilines is 1. The number of aromatic nitrogens is 2. The van der Waals surface area contributed by atoms with Gasteiger partial charge >= 0.3 is 5.69 Å². The minimum absolute atomic E-state index is 0.371. The molecule has 0 unspecified atom stereocenters. The van der Waals surface area contributed by atoms with Crippen LogP contribution in [0, 0.1) is 0 Å². The average Bonchev–Trinajstić information content (AvgIpc) is 2.28. The molecule has 0 saturated carbocycles. The van der Waals surface area contributed by atoms with Crippen LogP contribution in [0.25, 0.3) is 0 Å². The predicted octanol–water partition coefficient (Wildman–Crippen LogP) is 1.06. The molecule has 1 N–H and O–H groups in total. The normalized spacial score (nSPS) is 10.2. The first-order valence-electron chi connectivity index (χ1n) is 4.73. The van der Waals surface area contributed by atoms with Gasteiger partial charge in [-0.05, 0) is 0 Å². The third-order valence-electron chi connectivity index (χ3n) is 2.01. The topological polar surface area (TPSA) is 58.2 Å². The molecule has 0 atom stereocenters. The van der Waals surface area contributed by atoms with Gasteiger partial charge in [-0.25, -0.2) is 4.79 Å². The molecule has 0 radical (unpaired) electrons. The maximum Gasteiger partial charge on any atom is 0.347 e. The van der Waals surface area contributed by atoms with Crippen LogP contribution in [0.2, 0.25) is 0 Å². The zero-order chi connectivity index (χ0) is 12.0. The van der Waals surface area contributed by atoms with E-state index >= 15 is 0 Å². The lowest BCUT2D eigenvalue weighted by Gasteiger charge is -2.23. The number of hydrogen-bond acceptors (Lipinski definition) is 4. The second-order valence-corrected chi connectivity index (χ2v) is 3.73. The fourth-order valence-electron chi connectivity index (χ4n) is 1.31. The molecule has 0 aliphatic carbocycles. The van der Waals surface area contributed by atoms with E-state index in [9.17, 15) is 4.79 Å². The highest BCUT2D eigenvalue weighted by Crippen LogP contribution is 2.22. The van der Waals surface area contributed by atoms with E-state index in [1.54, 1.807) is 0 Å². The van der Waals surface area contributed by atoms with E-state index in [2.05, 4.69) is 9.97 Å². The van der Waals surface area contributed by atoms with Gasteiger partial charge in [0.05, 0.1) is 13.3 Å². The van der Waals surface area contributed by atoms with Gasteiger partial charge in [0.1, 0.15) is 5.69 Å². The summed E-state index contributed by atoms with van der Waals surface area (Å²) in [6.45, 7) is 1.22. The monoisotopic (exact) mass is 265 g/mol. The van der Waals surface area contributed by atoms with Crippen molar-refractivity contribution in [2.24, 2.45) is 0 Å². The van der Waals surface area contributed by atoms with Gasteiger partial charge in [0.15, 0.2) is 0 Å². The maximum absolute atomic E-state index is 11.0. The lowest BCUT2D eigenvalue weighted by molar-refractivity contribution is 0.395. The number of alkyl halides is 2. The molecule has 0 aliphatic heterocycles. The number of hydrogen-bond donors (Lipinski definition) is 1. The van der Waals surface area contributed by atoms with E-state index in [4.69, 9.17) is 27.9 Å². The van der Waals surface area contributed by atoms with Gasteiger partial charge in [-0.2, -0.15) is 4.98 Å². The molecule has 16 heavy (non-hydrogen) atoms. The smallest absolute Gasteiger partial charge is 0.347 e. The van der Waals surface area contributed by atoms with Crippen molar-refractivity contribution < 1.29 is 4.74 Å². The van der Waals surface area contributed by atoms with Gasteiger partial charge in [0.25, 0.3) is 0 Å². The zero-order valence-corrected chi connectivity index (χ0v) is 10.4. The molecular formula is C9H13Cl2N3O2.